The molecule has 7 nitrogen and oxygen atoms in total. The van der Waals surface area contributed by atoms with Crippen LogP contribution in [-0.2, 0) is 9.53 Å². The molecule has 1 atom stereocenters. The lowest BCUT2D eigenvalue weighted by atomic mass is 9.72. The molecule has 3 fully saturated rings. The van der Waals surface area contributed by atoms with Crippen molar-refractivity contribution in [2.24, 2.45) is 11.3 Å². The molecular weight excluding hydrogens is 392 g/mol. The van der Waals surface area contributed by atoms with Crippen LogP contribution in [0.5, 0.6) is 0 Å². The predicted octanol–water partition coefficient (Wildman–Crippen LogP) is 4.21. The topological polar surface area (TPSA) is 81.4 Å². The zero-order valence-electron chi connectivity index (χ0n) is 18.2. The summed E-state index contributed by atoms with van der Waals surface area (Å²) < 4.78 is 11.8. The number of aromatic nitrogens is 3. The summed E-state index contributed by atoms with van der Waals surface area (Å²) >= 11 is 0. The minimum absolute atomic E-state index is 0.0270. The van der Waals surface area contributed by atoms with Crippen molar-refractivity contribution in [3.8, 4) is 11.5 Å². The largest absolute Gasteiger partial charge is 0.420 e. The average molecular weight is 425 g/mol. The fraction of sp³-hybridized carbons (Fsp3) is 0.667. The zero-order valence-corrected chi connectivity index (χ0v) is 18.2. The van der Waals surface area contributed by atoms with E-state index in [1.165, 1.54) is 32.1 Å². The summed E-state index contributed by atoms with van der Waals surface area (Å²) in [4.78, 5) is 19.3. The number of ether oxygens (including phenoxy) is 1. The number of carbonyl (C=O) groups is 1. The molecule has 1 unspecified atom stereocenters. The summed E-state index contributed by atoms with van der Waals surface area (Å²) in [7, 11) is 0. The van der Waals surface area contributed by atoms with E-state index >= 15 is 0 Å². The summed E-state index contributed by atoms with van der Waals surface area (Å²) in [5.74, 6) is 2.25. The van der Waals surface area contributed by atoms with Gasteiger partial charge < -0.3 is 14.1 Å². The Morgan fingerprint density at radius 3 is 2.65 bits per heavy atom. The number of pyridine rings is 1. The highest BCUT2D eigenvalue weighted by molar-refractivity contribution is 5.76. The highest BCUT2D eigenvalue weighted by Crippen LogP contribution is 2.49. The molecule has 5 rings (SSSR count). The van der Waals surface area contributed by atoms with Crippen LogP contribution in [0.25, 0.3) is 11.5 Å². The highest BCUT2D eigenvalue weighted by Gasteiger charge is 2.51. The zero-order chi connectivity index (χ0) is 21.1. The molecule has 4 heterocycles. The fourth-order valence-corrected chi connectivity index (χ4v) is 5.73. The molecule has 2 saturated heterocycles. The van der Waals surface area contributed by atoms with Gasteiger partial charge in [0.1, 0.15) is 0 Å². The van der Waals surface area contributed by atoms with Crippen molar-refractivity contribution in [3.05, 3.63) is 30.4 Å². The number of hydrogen-bond acceptors (Lipinski definition) is 6. The van der Waals surface area contributed by atoms with E-state index in [0.717, 1.165) is 50.5 Å². The third kappa shape index (κ3) is 4.38. The molecule has 0 bridgehead atoms. The summed E-state index contributed by atoms with van der Waals surface area (Å²) in [6.07, 6.45) is 13.6. The summed E-state index contributed by atoms with van der Waals surface area (Å²) in [5.41, 5.74) is 0.842. The Bertz CT molecular complexity index is 872. The molecule has 0 aromatic carbocycles. The molecule has 7 heteroatoms. The van der Waals surface area contributed by atoms with Crippen LogP contribution in [-0.4, -0.2) is 52.3 Å². The Hall–Kier alpha value is -2.28. The van der Waals surface area contributed by atoms with Crippen LogP contribution in [0, 0.1) is 11.3 Å². The van der Waals surface area contributed by atoms with Crippen LogP contribution in [0.1, 0.15) is 69.6 Å². The van der Waals surface area contributed by atoms with Gasteiger partial charge in [-0.05, 0) is 37.3 Å². The number of rotatable bonds is 5. The second-order valence-electron chi connectivity index (χ2n) is 9.53. The Labute approximate surface area is 183 Å². The van der Waals surface area contributed by atoms with E-state index in [-0.39, 0.29) is 17.2 Å². The van der Waals surface area contributed by atoms with Crippen molar-refractivity contribution in [3.63, 3.8) is 0 Å². The van der Waals surface area contributed by atoms with Gasteiger partial charge in [0.15, 0.2) is 0 Å². The van der Waals surface area contributed by atoms with E-state index in [0.29, 0.717) is 24.7 Å². The van der Waals surface area contributed by atoms with Crippen molar-refractivity contribution in [1.82, 2.24) is 20.1 Å². The Balaban J connectivity index is 1.31. The van der Waals surface area contributed by atoms with Crippen LogP contribution < -0.4 is 0 Å². The number of nitrogens with zero attached hydrogens (tertiary/aromatic N) is 4. The molecule has 1 spiro atoms. The van der Waals surface area contributed by atoms with Gasteiger partial charge in [0.2, 0.25) is 17.7 Å². The van der Waals surface area contributed by atoms with Crippen LogP contribution in [0.15, 0.2) is 28.9 Å². The average Bonchev–Trinajstić information content (AvgIpc) is 3.45. The van der Waals surface area contributed by atoms with Crippen molar-refractivity contribution in [2.75, 3.05) is 26.3 Å². The second-order valence-corrected chi connectivity index (χ2v) is 9.53. The smallest absolute Gasteiger partial charge is 0.247 e. The lowest BCUT2D eigenvalue weighted by molar-refractivity contribution is -0.131. The van der Waals surface area contributed by atoms with E-state index in [2.05, 4.69) is 20.1 Å². The van der Waals surface area contributed by atoms with Crippen LogP contribution in [0.2, 0.25) is 0 Å². The van der Waals surface area contributed by atoms with Gasteiger partial charge in [-0.15, -0.1) is 10.2 Å². The number of carbonyl (C=O) groups excluding carboxylic acids is 1. The van der Waals surface area contributed by atoms with Crippen LogP contribution in [0.4, 0.5) is 0 Å². The Kier molecular flexibility index (Phi) is 6.03. The monoisotopic (exact) mass is 424 g/mol. The van der Waals surface area contributed by atoms with Gasteiger partial charge in [-0.25, -0.2) is 0 Å². The maximum absolute atomic E-state index is 13.1. The molecule has 0 N–H and O–H groups in total. The van der Waals surface area contributed by atoms with Crippen LogP contribution >= 0.6 is 0 Å². The number of likely N-dealkylation sites (tertiary alicyclic amines) is 1. The van der Waals surface area contributed by atoms with Gasteiger partial charge in [-0.3, -0.25) is 9.78 Å². The third-order valence-corrected chi connectivity index (χ3v) is 7.65. The SMILES string of the molecule is O=C(CCC1CCCCC1)N1CC(c2nnc(-c3ccncc3)o2)C2(CCOCC2)C1. The molecule has 166 valence electrons. The first kappa shape index (κ1) is 20.6. The quantitative estimate of drug-likeness (QED) is 0.715. The molecule has 0 radical (unpaired) electrons. The number of amides is 1. The fourth-order valence-electron chi connectivity index (χ4n) is 5.73. The van der Waals surface area contributed by atoms with Gasteiger partial charge in [0, 0.05) is 56.1 Å². The predicted molar refractivity (Wildman–Crippen MR) is 115 cm³/mol. The minimum Gasteiger partial charge on any atom is -0.420 e. The van der Waals surface area contributed by atoms with Crippen molar-refractivity contribution >= 4 is 5.91 Å². The molecule has 1 saturated carbocycles. The first-order chi connectivity index (χ1) is 15.2. The first-order valence-corrected chi connectivity index (χ1v) is 11.8. The van der Waals surface area contributed by atoms with E-state index in [4.69, 9.17) is 9.15 Å². The molecule has 2 aromatic heterocycles. The normalized spacial score (nSPS) is 24.0. The lowest BCUT2D eigenvalue weighted by Gasteiger charge is -2.36. The maximum Gasteiger partial charge on any atom is 0.247 e. The van der Waals surface area contributed by atoms with Gasteiger partial charge in [0.25, 0.3) is 0 Å². The van der Waals surface area contributed by atoms with Gasteiger partial charge in [-0.2, -0.15) is 0 Å². The van der Waals surface area contributed by atoms with E-state index in [1.54, 1.807) is 12.4 Å². The Morgan fingerprint density at radius 2 is 1.87 bits per heavy atom. The summed E-state index contributed by atoms with van der Waals surface area (Å²) in [6.45, 7) is 2.90. The molecule has 2 aliphatic heterocycles. The van der Waals surface area contributed by atoms with Crippen LogP contribution in [0.3, 0.4) is 0 Å². The second kappa shape index (κ2) is 9.07. The molecule has 2 aromatic rings. The van der Waals surface area contributed by atoms with Gasteiger partial charge in [0.05, 0.1) is 5.92 Å². The summed E-state index contributed by atoms with van der Waals surface area (Å²) in [5, 5.41) is 8.72. The summed E-state index contributed by atoms with van der Waals surface area (Å²) in [6, 6.07) is 3.74. The third-order valence-electron chi connectivity index (χ3n) is 7.65. The van der Waals surface area contributed by atoms with Gasteiger partial charge >= 0.3 is 0 Å². The minimum atomic E-state index is -0.0270. The molecular formula is C24H32N4O3. The van der Waals surface area contributed by atoms with Gasteiger partial charge in [-0.1, -0.05) is 32.1 Å². The van der Waals surface area contributed by atoms with E-state index < -0.39 is 0 Å². The molecule has 1 aliphatic carbocycles. The van der Waals surface area contributed by atoms with Crippen molar-refractivity contribution in [2.45, 2.75) is 63.7 Å². The maximum atomic E-state index is 13.1. The highest BCUT2D eigenvalue weighted by atomic mass is 16.5. The number of hydrogen-bond donors (Lipinski definition) is 0. The first-order valence-electron chi connectivity index (χ1n) is 11.8. The van der Waals surface area contributed by atoms with Crippen molar-refractivity contribution in [1.29, 1.82) is 0 Å². The van der Waals surface area contributed by atoms with Crippen molar-refractivity contribution < 1.29 is 13.9 Å². The molecule has 3 aliphatic rings. The molecule has 31 heavy (non-hydrogen) atoms. The van der Waals surface area contributed by atoms with E-state index in [1.807, 2.05) is 12.1 Å². The standard InChI is InChI=1S/C24H32N4O3/c29-21(7-6-18-4-2-1-3-5-18)28-16-20(24(17-28)10-14-30-15-11-24)23-27-26-22(31-23)19-8-12-25-13-9-19/h8-9,12-13,18,20H,1-7,10-11,14-17H2. The Morgan fingerprint density at radius 1 is 1.10 bits per heavy atom. The van der Waals surface area contributed by atoms with E-state index in [9.17, 15) is 4.79 Å². The molecule has 1 amide bonds. The lowest BCUT2D eigenvalue weighted by Crippen LogP contribution is -2.37.